The van der Waals surface area contributed by atoms with E-state index >= 15 is 0 Å². The molecule has 0 saturated heterocycles. The van der Waals surface area contributed by atoms with Crippen LogP contribution in [0.1, 0.15) is 116 Å². The molecule has 0 amide bonds. The first-order valence-corrected chi connectivity index (χ1v) is 19.3. The van der Waals surface area contributed by atoms with Crippen molar-refractivity contribution < 1.29 is 0 Å². The van der Waals surface area contributed by atoms with Crippen LogP contribution < -0.4 is 0 Å². The summed E-state index contributed by atoms with van der Waals surface area (Å²) in [7, 11) is -4.31. The second kappa shape index (κ2) is 13.7. The predicted molar refractivity (Wildman–Crippen MR) is 180 cm³/mol. The van der Waals surface area contributed by atoms with Crippen LogP contribution in [0.25, 0.3) is 0 Å². The summed E-state index contributed by atoms with van der Waals surface area (Å²) in [6.45, 7) is 38.4. The van der Waals surface area contributed by atoms with Gasteiger partial charge in [-0.25, -0.2) is 0 Å². The molecule has 0 N–H and O–H groups in total. The minimum Gasteiger partial charge on any atom is -0.149 e. The predicted octanol–water partition coefficient (Wildman–Crippen LogP) is 9.49. The average molecular weight is 580 g/mol. The number of hydrogen-bond donors (Lipinski definition) is 0. The first kappa shape index (κ1) is 34.8. The standard InChI is InChI=1S/C32H63N5P2/c1-23(2)34(24(3)4)38(35(25(5)6)26(7)8)22-39(36(27(9)10)28(11)12,37(29(13)14)30(15)16)33-32(38)31-20-18-17-19-21-31/h17-21,23-30H,22H2,1-16H3/q+2. The van der Waals surface area contributed by atoms with E-state index in [4.69, 9.17) is 4.76 Å². The van der Waals surface area contributed by atoms with E-state index in [1.807, 2.05) is 0 Å². The van der Waals surface area contributed by atoms with E-state index in [1.54, 1.807) is 0 Å². The molecule has 0 spiro atoms. The Morgan fingerprint density at radius 3 is 1.08 bits per heavy atom. The van der Waals surface area contributed by atoms with Gasteiger partial charge in [-0.15, -0.1) is 18.7 Å². The minimum atomic E-state index is -2.18. The number of benzene rings is 1. The lowest BCUT2D eigenvalue weighted by molar-refractivity contribution is 0.241. The molecule has 1 aliphatic rings. The summed E-state index contributed by atoms with van der Waals surface area (Å²) in [5.41, 5.74) is 2.68. The molecule has 224 valence electrons. The largest absolute Gasteiger partial charge is 0.323 e. The van der Waals surface area contributed by atoms with E-state index in [1.165, 1.54) is 11.0 Å². The van der Waals surface area contributed by atoms with Gasteiger partial charge in [0.1, 0.15) is 0 Å². The van der Waals surface area contributed by atoms with Gasteiger partial charge in [-0.3, -0.25) is 0 Å². The van der Waals surface area contributed by atoms with Gasteiger partial charge < -0.3 is 0 Å². The summed E-state index contributed by atoms with van der Waals surface area (Å²) >= 11 is 0. The molecule has 1 aliphatic heterocycles. The maximum Gasteiger partial charge on any atom is 0.323 e. The molecule has 0 atom stereocenters. The smallest absolute Gasteiger partial charge is 0.149 e. The quantitative estimate of drug-likeness (QED) is 0.217. The molecule has 0 saturated carbocycles. The van der Waals surface area contributed by atoms with Crippen LogP contribution in [0.3, 0.4) is 0 Å². The van der Waals surface area contributed by atoms with Gasteiger partial charge in [-0.1, -0.05) is 18.2 Å². The molecule has 0 fully saturated rings. The Hall–Kier alpha value is -0.410. The Kier molecular flexibility index (Phi) is 12.2. The molecule has 0 radical (unpaired) electrons. The van der Waals surface area contributed by atoms with E-state index in [9.17, 15) is 0 Å². The summed E-state index contributed by atoms with van der Waals surface area (Å²) in [5.74, 6) is 1.11. The van der Waals surface area contributed by atoms with Crippen molar-refractivity contribution >= 4 is 20.7 Å². The number of nitrogens with zero attached hydrogens (tertiary/aromatic N) is 5. The van der Waals surface area contributed by atoms with Crippen molar-refractivity contribution in [2.24, 2.45) is 4.76 Å². The van der Waals surface area contributed by atoms with Crippen molar-refractivity contribution in [2.45, 2.75) is 159 Å². The Morgan fingerprint density at radius 2 is 0.795 bits per heavy atom. The first-order valence-electron chi connectivity index (χ1n) is 15.5. The van der Waals surface area contributed by atoms with Gasteiger partial charge in [0.15, 0.2) is 0 Å². The van der Waals surface area contributed by atoms with E-state index < -0.39 is 15.3 Å². The second-order valence-electron chi connectivity index (χ2n) is 13.6. The molecular weight excluding hydrogens is 516 g/mol. The molecule has 0 aromatic heterocycles. The fourth-order valence-electron chi connectivity index (χ4n) is 7.68. The topological polar surface area (TPSA) is 25.3 Å². The molecule has 0 bridgehead atoms. The highest BCUT2D eigenvalue weighted by molar-refractivity contribution is 8.00. The van der Waals surface area contributed by atoms with Crippen LogP contribution in [0.4, 0.5) is 0 Å². The van der Waals surface area contributed by atoms with Crippen molar-refractivity contribution in [3.8, 4) is 0 Å². The van der Waals surface area contributed by atoms with E-state index in [0.717, 1.165) is 5.90 Å². The molecule has 1 aromatic carbocycles. The Labute approximate surface area is 244 Å². The van der Waals surface area contributed by atoms with Crippen molar-refractivity contribution in [3.63, 3.8) is 0 Å². The van der Waals surface area contributed by atoms with E-state index in [0.29, 0.717) is 48.3 Å². The maximum absolute atomic E-state index is 6.25. The zero-order valence-electron chi connectivity index (χ0n) is 28.3. The average Bonchev–Trinajstić information content (AvgIpc) is 3.07. The SMILES string of the molecule is CC(C)N(C(C)C)[P+]1(N(C(C)C)C(C)C)C[P+](N(C(C)C)C(C)C)(N(C(C)C)C(C)C)C(c2ccccc2)=N1. The van der Waals surface area contributed by atoms with Crippen molar-refractivity contribution in [3.05, 3.63) is 35.9 Å². The van der Waals surface area contributed by atoms with Gasteiger partial charge in [0.25, 0.3) is 18.9 Å². The highest BCUT2D eigenvalue weighted by atomic mass is 31.3. The van der Waals surface area contributed by atoms with Crippen LogP contribution in [-0.2, 0) is 0 Å². The highest BCUT2D eigenvalue weighted by Gasteiger charge is 2.77. The molecule has 39 heavy (non-hydrogen) atoms. The maximum atomic E-state index is 6.25. The summed E-state index contributed by atoms with van der Waals surface area (Å²) in [4.78, 5) is 0. The lowest BCUT2D eigenvalue weighted by Crippen LogP contribution is -2.52. The molecule has 1 aromatic rings. The molecule has 5 nitrogen and oxygen atoms in total. The van der Waals surface area contributed by atoms with Gasteiger partial charge in [0, 0.05) is 53.9 Å². The first-order chi connectivity index (χ1) is 18.0. The third-order valence-corrected chi connectivity index (χ3v) is 19.3. The van der Waals surface area contributed by atoms with Crippen molar-refractivity contribution in [1.29, 1.82) is 0 Å². The molecule has 2 rings (SSSR count). The van der Waals surface area contributed by atoms with Gasteiger partial charge in [-0.05, 0) is 128 Å². The Morgan fingerprint density at radius 1 is 0.487 bits per heavy atom. The van der Waals surface area contributed by atoms with Gasteiger partial charge in [0.2, 0.25) is 0 Å². The van der Waals surface area contributed by atoms with Crippen LogP contribution in [0.5, 0.6) is 0 Å². The fourth-order valence-corrected chi connectivity index (χ4v) is 22.0. The van der Waals surface area contributed by atoms with Gasteiger partial charge in [-0.2, -0.15) is 0 Å². The number of rotatable bonds is 13. The summed E-state index contributed by atoms with van der Waals surface area (Å²) in [6.07, 6.45) is 0. The van der Waals surface area contributed by atoms with E-state index in [-0.39, 0.29) is 0 Å². The minimum absolute atomic E-state index is 0.400. The number of hydrogen-bond acceptors (Lipinski definition) is 5. The van der Waals surface area contributed by atoms with E-state index in [2.05, 4.69) is 160 Å². The third kappa shape index (κ3) is 6.65. The lowest BCUT2D eigenvalue weighted by atomic mass is 10.2. The van der Waals surface area contributed by atoms with Crippen LogP contribution >= 0.6 is 15.3 Å². The zero-order chi connectivity index (χ0) is 30.0. The molecular formula is C32H63N5P2+2. The Balaban J connectivity index is 3.24. The van der Waals surface area contributed by atoms with Crippen LogP contribution in [0.15, 0.2) is 35.1 Å². The fraction of sp³-hybridized carbons (Fsp3) is 0.781. The van der Waals surface area contributed by atoms with Crippen molar-refractivity contribution in [1.82, 2.24) is 18.7 Å². The summed E-state index contributed by atoms with van der Waals surface area (Å²) in [6, 6.07) is 14.5. The van der Waals surface area contributed by atoms with Crippen LogP contribution in [0, 0.1) is 0 Å². The van der Waals surface area contributed by atoms with Gasteiger partial charge in [0.05, 0.1) is 0 Å². The third-order valence-electron chi connectivity index (χ3n) is 7.75. The summed E-state index contributed by atoms with van der Waals surface area (Å²) < 4.78 is 17.8. The summed E-state index contributed by atoms with van der Waals surface area (Å²) in [5, 5.41) is 0. The monoisotopic (exact) mass is 579 g/mol. The van der Waals surface area contributed by atoms with Crippen LogP contribution in [-0.4, -0.2) is 78.4 Å². The van der Waals surface area contributed by atoms with Crippen molar-refractivity contribution in [2.75, 3.05) is 5.90 Å². The normalized spacial score (nSPS) is 17.9. The Bertz CT molecular complexity index is 852. The zero-order valence-corrected chi connectivity index (χ0v) is 30.1. The second-order valence-corrected chi connectivity index (χ2v) is 20.1. The lowest BCUT2D eigenvalue weighted by Gasteiger charge is -2.48. The van der Waals surface area contributed by atoms with Gasteiger partial charge >= 0.3 is 7.71 Å². The highest BCUT2D eigenvalue weighted by Crippen LogP contribution is 2.89. The molecule has 1 heterocycles. The molecule has 0 aliphatic carbocycles. The molecule has 0 unspecified atom stereocenters. The molecule has 7 heteroatoms. The van der Waals surface area contributed by atoms with Crippen LogP contribution in [0.2, 0.25) is 0 Å².